The van der Waals surface area contributed by atoms with Crippen LogP contribution in [0.15, 0.2) is 17.8 Å². The average Bonchev–Trinajstić information content (AvgIpc) is 2.93. The minimum Gasteiger partial charge on any atom is -0.338 e. The first-order chi connectivity index (χ1) is 8.20. The van der Waals surface area contributed by atoms with E-state index in [2.05, 4.69) is 15.4 Å². The number of aryl methyl sites for hydroxylation is 1. The van der Waals surface area contributed by atoms with Gasteiger partial charge in [0, 0.05) is 24.2 Å². The Morgan fingerprint density at radius 2 is 2.53 bits per heavy atom. The molecule has 0 saturated heterocycles. The van der Waals surface area contributed by atoms with Crippen LogP contribution < -0.4 is 5.32 Å². The van der Waals surface area contributed by atoms with Crippen LogP contribution in [0.1, 0.15) is 10.5 Å². The van der Waals surface area contributed by atoms with Crippen molar-refractivity contribution in [3.05, 3.63) is 23.5 Å². The Labute approximate surface area is 102 Å². The maximum absolute atomic E-state index is 11.5. The Hall–Kier alpha value is -2.20. The van der Waals surface area contributed by atoms with Gasteiger partial charge in [0.05, 0.1) is 12.3 Å². The van der Waals surface area contributed by atoms with E-state index in [1.54, 1.807) is 16.3 Å². The zero-order valence-corrected chi connectivity index (χ0v) is 9.86. The van der Waals surface area contributed by atoms with Gasteiger partial charge in [-0.2, -0.15) is 10.4 Å². The molecule has 2 aromatic rings. The average molecular weight is 247 g/mol. The maximum Gasteiger partial charge on any atom is 0.271 e. The fourth-order valence-corrected chi connectivity index (χ4v) is 2.03. The molecule has 0 saturated carbocycles. The SMILES string of the molecule is Cn1cc(-c2nc(C(=O)NCC#N)cs2)cn1. The molecule has 1 N–H and O–H groups in total. The van der Waals surface area contributed by atoms with Gasteiger partial charge in [-0.05, 0) is 0 Å². The lowest BCUT2D eigenvalue weighted by Gasteiger charge is -1.94. The summed E-state index contributed by atoms with van der Waals surface area (Å²) in [6, 6.07) is 1.84. The monoisotopic (exact) mass is 247 g/mol. The van der Waals surface area contributed by atoms with Crippen molar-refractivity contribution < 1.29 is 4.79 Å². The molecule has 0 unspecified atom stereocenters. The summed E-state index contributed by atoms with van der Waals surface area (Å²) in [5, 5.41) is 17.2. The number of aromatic nitrogens is 3. The second-order valence-corrected chi connectivity index (χ2v) is 4.14. The molecule has 0 aliphatic heterocycles. The van der Waals surface area contributed by atoms with Crippen LogP contribution in [0.25, 0.3) is 10.6 Å². The van der Waals surface area contributed by atoms with Crippen LogP contribution in [0.5, 0.6) is 0 Å². The Kier molecular flexibility index (Phi) is 3.16. The van der Waals surface area contributed by atoms with Gasteiger partial charge in [-0.1, -0.05) is 0 Å². The third kappa shape index (κ3) is 2.49. The third-order valence-electron chi connectivity index (χ3n) is 2.02. The van der Waals surface area contributed by atoms with E-state index in [1.165, 1.54) is 11.3 Å². The summed E-state index contributed by atoms with van der Waals surface area (Å²) in [4.78, 5) is 15.7. The molecule has 0 fully saturated rings. The summed E-state index contributed by atoms with van der Waals surface area (Å²) in [5.74, 6) is -0.335. The van der Waals surface area contributed by atoms with E-state index < -0.39 is 0 Å². The van der Waals surface area contributed by atoms with Crippen molar-refractivity contribution in [3.8, 4) is 16.6 Å². The Morgan fingerprint density at radius 3 is 3.18 bits per heavy atom. The number of amides is 1. The summed E-state index contributed by atoms with van der Waals surface area (Å²) in [6.07, 6.45) is 3.52. The highest BCUT2D eigenvalue weighted by Gasteiger charge is 2.11. The van der Waals surface area contributed by atoms with E-state index in [9.17, 15) is 4.79 Å². The molecule has 17 heavy (non-hydrogen) atoms. The normalized spacial score (nSPS) is 9.88. The van der Waals surface area contributed by atoms with Crippen LogP contribution in [0.2, 0.25) is 0 Å². The Morgan fingerprint density at radius 1 is 1.71 bits per heavy atom. The van der Waals surface area contributed by atoms with Gasteiger partial charge >= 0.3 is 0 Å². The van der Waals surface area contributed by atoms with E-state index in [0.717, 1.165) is 10.6 Å². The summed E-state index contributed by atoms with van der Waals surface area (Å²) < 4.78 is 1.67. The van der Waals surface area contributed by atoms with Crippen molar-refractivity contribution in [1.82, 2.24) is 20.1 Å². The summed E-state index contributed by atoms with van der Waals surface area (Å²) in [6.45, 7) is -0.0153. The maximum atomic E-state index is 11.5. The first-order valence-electron chi connectivity index (χ1n) is 4.80. The quantitative estimate of drug-likeness (QED) is 0.813. The number of carbonyl (C=O) groups excluding carboxylic acids is 1. The largest absolute Gasteiger partial charge is 0.338 e. The molecule has 0 aromatic carbocycles. The molecule has 2 rings (SSSR count). The number of nitrogens with one attached hydrogen (secondary N) is 1. The van der Waals surface area contributed by atoms with Crippen molar-refractivity contribution >= 4 is 17.2 Å². The number of carbonyl (C=O) groups is 1. The molecule has 2 aromatic heterocycles. The Bertz CT molecular complexity index is 580. The smallest absolute Gasteiger partial charge is 0.271 e. The van der Waals surface area contributed by atoms with Gasteiger partial charge in [0.25, 0.3) is 5.91 Å². The van der Waals surface area contributed by atoms with Crippen LogP contribution in [-0.4, -0.2) is 27.2 Å². The molecular formula is C10H9N5OS. The molecule has 0 aliphatic carbocycles. The molecule has 0 bridgehead atoms. The van der Waals surface area contributed by atoms with E-state index in [1.807, 2.05) is 19.3 Å². The molecule has 0 atom stereocenters. The van der Waals surface area contributed by atoms with Crippen molar-refractivity contribution in [2.75, 3.05) is 6.54 Å². The van der Waals surface area contributed by atoms with Gasteiger partial charge in [-0.25, -0.2) is 4.98 Å². The van der Waals surface area contributed by atoms with Gasteiger partial charge < -0.3 is 5.32 Å². The predicted molar refractivity (Wildman–Crippen MR) is 62.3 cm³/mol. The fourth-order valence-electron chi connectivity index (χ4n) is 1.25. The summed E-state index contributed by atoms with van der Waals surface area (Å²) in [7, 11) is 1.82. The van der Waals surface area contributed by atoms with Gasteiger partial charge in [-0.15, -0.1) is 11.3 Å². The highest BCUT2D eigenvalue weighted by molar-refractivity contribution is 7.13. The lowest BCUT2D eigenvalue weighted by molar-refractivity contribution is 0.0954. The highest BCUT2D eigenvalue weighted by Crippen LogP contribution is 2.22. The van der Waals surface area contributed by atoms with E-state index in [-0.39, 0.29) is 12.5 Å². The molecule has 86 valence electrons. The summed E-state index contributed by atoms with van der Waals surface area (Å²) in [5.41, 5.74) is 1.20. The van der Waals surface area contributed by atoms with Crippen molar-refractivity contribution in [2.45, 2.75) is 0 Å². The van der Waals surface area contributed by atoms with Crippen LogP contribution in [0.3, 0.4) is 0 Å². The van der Waals surface area contributed by atoms with Crippen LogP contribution in [-0.2, 0) is 7.05 Å². The Balaban J connectivity index is 2.16. The second kappa shape index (κ2) is 4.76. The van der Waals surface area contributed by atoms with Crippen molar-refractivity contribution in [1.29, 1.82) is 5.26 Å². The van der Waals surface area contributed by atoms with Crippen molar-refractivity contribution in [3.63, 3.8) is 0 Å². The predicted octanol–water partition coefficient (Wildman–Crippen LogP) is 0.797. The van der Waals surface area contributed by atoms with Gasteiger partial charge in [0.1, 0.15) is 17.2 Å². The lowest BCUT2D eigenvalue weighted by Crippen LogP contribution is -2.23. The van der Waals surface area contributed by atoms with E-state index in [4.69, 9.17) is 5.26 Å². The topological polar surface area (TPSA) is 83.6 Å². The standard InChI is InChI=1S/C10H9N5OS/c1-15-5-7(4-13-15)10-14-8(6-17-10)9(16)12-3-2-11/h4-6H,3H2,1H3,(H,12,16). The number of nitriles is 1. The zero-order valence-electron chi connectivity index (χ0n) is 9.04. The first-order valence-corrected chi connectivity index (χ1v) is 5.68. The third-order valence-corrected chi connectivity index (χ3v) is 2.91. The van der Waals surface area contributed by atoms with Gasteiger partial charge in [-0.3, -0.25) is 9.48 Å². The highest BCUT2D eigenvalue weighted by atomic mass is 32.1. The fraction of sp³-hybridized carbons (Fsp3) is 0.200. The second-order valence-electron chi connectivity index (χ2n) is 3.28. The number of thiazole rings is 1. The van der Waals surface area contributed by atoms with Crippen molar-refractivity contribution in [2.24, 2.45) is 7.05 Å². The van der Waals surface area contributed by atoms with Gasteiger partial charge in [0.2, 0.25) is 0 Å². The first kappa shape index (κ1) is 11.3. The minimum absolute atomic E-state index is 0.0153. The number of nitrogens with zero attached hydrogens (tertiary/aromatic N) is 4. The zero-order chi connectivity index (χ0) is 12.3. The van der Waals surface area contributed by atoms with E-state index >= 15 is 0 Å². The molecule has 6 nitrogen and oxygen atoms in total. The molecule has 0 aliphatic rings. The number of rotatable bonds is 3. The van der Waals surface area contributed by atoms with Crippen LogP contribution >= 0.6 is 11.3 Å². The molecular weight excluding hydrogens is 238 g/mol. The molecule has 0 radical (unpaired) electrons. The van der Waals surface area contributed by atoms with Crippen LogP contribution in [0, 0.1) is 11.3 Å². The molecule has 1 amide bonds. The van der Waals surface area contributed by atoms with Crippen LogP contribution in [0.4, 0.5) is 0 Å². The minimum atomic E-state index is -0.335. The van der Waals surface area contributed by atoms with Gasteiger partial charge in [0.15, 0.2) is 0 Å². The van der Waals surface area contributed by atoms with E-state index in [0.29, 0.717) is 5.69 Å². The summed E-state index contributed by atoms with van der Waals surface area (Å²) >= 11 is 1.37. The molecule has 0 spiro atoms. The molecule has 7 heteroatoms. The lowest BCUT2D eigenvalue weighted by atomic mass is 10.4. The molecule has 2 heterocycles. The number of hydrogen-bond acceptors (Lipinski definition) is 5. The number of hydrogen-bond donors (Lipinski definition) is 1.